The van der Waals surface area contributed by atoms with Crippen molar-refractivity contribution in [2.24, 2.45) is 0 Å². The van der Waals surface area contributed by atoms with Crippen LogP contribution in [-0.2, 0) is 19.3 Å². The number of nitrogens with zero attached hydrogens (tertiary/aromatic N) is 1. The zero-order valence-electron chi connectivity index (χ0n) is 14.1. The van der Waals surface area contributed by atoms with Crippen molar-refractivity contribution in [1.29, 1.82) is 0 Å². The summed E-state index contributed by atoms with van der Waals surface area (Å²) in [6.07, 6.45) is 6.79. The van der Waals surface area contributed by atoms with Crippen molar-refractivity contribution in [2.45, 2.75) is 61.2 Å². The summed E-state index contributed by atoms with van der Waals surface area (Å²) in [5.74, 6) is -0.269. The number of hydrogen-bond acceptors (Lipinski definition) is 6. The molecular weight excluding hydrogens is 358 g/mol. The maximum Gasteiger partial charge on any atom is 0.210 e. The standard InChI is InChI=1S/C18H23NO4S2/c20-25(21,17-19-15-8-2-3-9-16(15)24-17)12-6-7-14-13-22-18(23-14)10-4-1-5-11-18/h2-3,8-9,14H,1,4-7,10-13H2/t14-/m0/s1. The third-order valence-corrected chi connectivity index (χ3v) is 8.30. The Morgan fingerprint density at radius 3 is 2.80 bits per heavy atom. The fraction of sp³-hybridized carbons (Fsp3) is 0.611. The van der Waals surface area contributed by atoms with Gasteiger partial charge in [-0.05, 0) is 37.8 Å². The molecule has 4 rings (SSSR count). The lowest BCUT2D eigenvalue weighted by atomic mass is 9.94. The first kappa shape index (κ1) is 17.4. The Bertz CT molecular complexity index is 807. The molecule has 2 fully saturated rings. The molecular formula is C18H23NO4S2. The van der Waals surface area contributed by atoms with Crippen molar-refractivity contribution in [2.75, 3.05) is 12.4 Å². The first-order chi connectivity index (χ1) is 12.1. The highest BCUT2D eigenvalue weighted by Crippen LogP contribution is 2.38. The van der Waals surface area contributed by atoms with Gasteiger partial charge in [-0.25, -0.2) is 13.4 Å². The van der Waals surface area contributed by atoms with Crippen molar-refractivity contribution in [3.05, 3.63) is 24.3 Å². The normalized spacial score (nSPS) is 23.4. The van der Waals surface area contributed by atoms with Gasteiger partial charge < -0.3 is 9.47 Å². The fourth-order valence-corrected chi connectivity index (χ4v) is 6.37. The van der Waals surface area contributed by atoms with Gasteiger partial charge in [0.05, 0.1) is 28.7 Å². The number of hydrogen-bond donors (Lipinski definition) is 0. The van der Waals surface area contributed by atoms with Crippen LogP contribution in [0.15, 0.2) is 28.6 Å². The van der Waals surface area contributed by atoms with E-state index in [1.165, 1.54) is 17.8 Å². The molecule has 1 atom stereocenters. The van der Waals surface area contributed by atoms with Gasteiger partial charge in [-0.1, -0.05) is 18.6 Å². The van der Waals surface area contributed by atoms with Crippen molar-refractivity contribution >= 4 is 31.4 Å². The van der Waals surface area contributed by atoms with Crippen LogP contribution in [0.2, 0.25) is 0 Å². The highest BCUT2D eigenvalue weighted by Gasteiger charge is 2.41. The lowest BCUT2D eigenvalue weighted by Crippen LogP contribution is -2.33. The van der Waals surface area contributed by atoms with E-state index in [0.29, 0.717) is 19.4 Å². The molecule has 1 aromatic heterocycles. The molecule has 1 spiro atoms. The summed E-state index contributed by atoms with van der Waals surface area (Å²) < 4.78 is 38.3. The molecule has 1 aliphatic heterocycles. The van der Waals surface area contributed by atoms with Crippen LogP contribution in [0.4, 0.5) is 0 Å². The maximum absolute atomic E-state index is 12.5. The Morgan fingerprint density at radius 2 is 2.00 bits per heavy atom. The predicted molar refractivity (Wildman–Crippen MR) is 97.5 cm³/mol. The lowest BCUT2D eigenvalue weighted by Gasteiger charge is -2.31. The number of rotatable bonds is 5. The Hall–Kier alpha value is -1.02. The van der Waals surface area contributed by atoms with E-state index in [4.69, 9.17) is 9.47 Å². The maximum atomic E-state index is 12.5. The van der Waals surface area contributed by atoms with Gasteiger partial charge in [0.25, 0.3) is 0 Å². The molecule has 2 heterocycles. The largest absolute Gasteiger partial charge is 0.347 e. The Balaban J connectivity index is 1.33. The molecule has 5 nitrogen and oxygen atoms in total. The SMILES string of the molecule is O=S(=O)(CCC[C@H]1COC2(CCCCC2)O1)c1nc2ccccc2s1. The van der Waals surface area contributed by atoms with Crippen LogP contribution >= 0.6 is 11.3 Å². The lowest BCUT2D eigenvalue weighted by molar-refractivity contribution is -0.187. The number of aromatic nitrogens is 1. The molecule has 136 valence electrons. The van der Waals surface area contributed by atoms with E-state index < -0.39 is 9.84 Å². The second-order valence-corrected chi connectivity index (χ2v) is 10.2. The third kappa shape index (κ3) is 3.74. The quantitative estimate of drug-likeness (QED) is 0.785. The number of thiazole rings is 1. The van der Waals surface area contributed by atoms with Crippen LogP contribution < -0.4 is 0 Å². The number of fused-ring (bicyclic) bond motifs is 1. The van der Waals surface area contributed by atoms with Crippen LogP contribution in [0.1, 0.15) is 44.9 Å². The molecule has 2 aromatic rings. The summed E-state index contributed by atoms with van der Waals surface area (Å²) in [6, 6.07) is 7.52. The van der Waals surface area contributed by atoms with Crippen LogP contribution in [0.3, 0.4) is 0 Å². The molecule has 0 bridgehead atoms. The molecule has 0 amide bonds. The van der Waals surface area contributed by atoms with Gasteiger partial charge in [-0.15, -0.1) is 11.3 Å². The molecule has 25 heavy (non-hydrogen) atoms. The van der Waals surface area contributed by atoms with Crippen molar-refractivity contribution in [3.63, 3.8) is 0 Å². The molecule has 1 aliphatic carbocycles. The zero-order valence-corrected chi connectivity index (χ0v) is 15.8. The second-order valence-electron chi connectivity index (χ2n) is 6.93. The summed E-state index contributed by atoms with van der Waals surface area (Å²) in [6.45, 7) is 0.585. The Morgan fingerprint density at radius 1 is 1.20 bits per heavy atom. The second kappa shape index (κ2) is 6.95. The molecule has 1 saturated carbocycles. The predicted octanol–water partition coefficient (Wildman–Crippen LogP) is 3.93. The molecule has 0 unspecified atom stereocenters. The minimum Gasteiger partial charge on any atom is -0.347 e. The van der Waals surface area contributed by atoms with Gasteiger partial charge in [0.1, 0.15) is 0 Å². The third-order valence-electron chi connectivity index (χ3n) is 5.01. The fourth-order valence-electron chi connectivity index (χ4n) is 3.68. The van der Waals surface area contributed by atoms with Gasteiger partial charge in [-0.2, -0.15) is 0 Å². The van der Waals surface area contributed by atoms with E-state index in [2.05, 4.69) is 4.98 Å². The summed E-state index contributed by atoms with van der Waals surface area (Å²) in [4.78, 5) is 4.28. The van der Waals surface area contributed by atoms with E-state index in [-0.39, 0.29) is 22.0 Å². The molecule has 0 N–H and O–H groups in total. The smallest absolute Gasteiger partial charge is 0.210 e. The number of ether oxygens (including phenoxy) is 2. The van der Waals surface area contributed by atoms with Crippen molar-refractivity contribution in [3.8, 4) is 0 Å². The van der Waals surface area contributed by atoms with Crippen LogP contribution in [0.25, 0.3) is 10.2 Å². The van der Waals surface area contributed by atoms with E-state index in [1.54, 1.807) is 0 Å². The number of sulfone groups is 1. The summed E-state index contributed by atoms with van der Waals surface area (Å²) in [5.41, 5.74) is 0.748. The highest BCUT2D eigenvalue weighted by atomic mass is 32.2. The number of para-hydroxylation sites is 1. The average Bonchev–Trinajstić information content (AvgIpc) is 3.20. The topological polar surface area (TPSA) is 65.5 Å². The molecule has 1 aromatic carbocycles. The van der Waals surface area contributed by atoms with E-state index in [1.807, 2.05) is 24.3 Å². The van der Waals surface area contributed by atoms with E-state index in [0.717, 1.165) is 35.9 Å². The van der Waals surface area contributed by atoms with Gasteiger partial charge in [0.2, 0.25) is 14.2 Å². The minimum absolute atomic E-state index is 0.0173. The zero-order chi connectivity index (χ0) is 17.3. The van der Waals surface area contributed by atoms with Gasteiger partial charge in [0, 0.05) is 12.8 Å². The van der Waals surface area contributed by atoms with E-state index >= 15 is 0 Å². The molecule has 0 radical (unpaired) electrons. The average molecular weight is 382 g/mol. The van der Waals surface area contributed by atoms with Gasteiger partial charge in [-0.3, -0.25) is 0 Å². The van der Waals surface area contributed by atoms with E-state index in [9.17, 15) is 8.42 Å². The summed E-state index contributed by atoms with van der Waals surface area (Å²) in [5, 5.41) is 0. The Labute approximate surface area is 152 Å². The molecule has 7 heteroatoms. The number of benzene rings is 1. The molecule has 2 aliphatic rings. The van der Waals surface area contributed by atoms with Crippen LogP contribution in [-0.4, -0.2) is 37.7 Å². The van der Waals surface area contributed by atoms with Crippen molar-refractivity contribution in [1.82, 2.24) is 4.98 Å². The summed E-state index contributed by atoms with van der Waals surface area (Å²) in [7, 11) is -3.34. The first-order valence-corrected chi connectivity index (χ1v) is 11.4. The monoisotopic (exact) mass is 381 g/mol. The van der Waals surface area contributed by atoms with Crippen LogP contribution in [0.5, 0.6) is 0 Å². The highest BCUT2D eigenvalue weighted by molar-refractivity contribution is 7.93. The van der Waals surface area contributed by atoms with Gasteiger partial charge >= 0.3 is 0 Å². The minimum atomic E-state index is -3.34. The van der Waals surface area contributed by atoms with Crippen molar-refractivity contribution < 1.29 is 17.9 Å². The molecule has 1 saturated heterocycles. The summed E-state index contributed by atoms with van der Waals surface area (Å²) >= 11 is 1.25. The first-order valence-electron chi connectivity index (χ1n) is 8.97. The Kier molecular flexibility index (Phi) is 4.83. The van der Waals surface area contributed by atoms with Gasteiger partial charge in [0.15, 0.2) is 5.79 Å². The van der Waals surface area contributed by atoms with Crippen LogP contribution in [0, 0.1) is 0 Å².